The predicted octanol–water partition coefficient (Wildman–Crippen LogP) is 2.90. The molecule has 5 heteroatoms. The van der Waals surface area contributed by atoms with Crippen molar-refractivity contribution >= 4 is 11.6 Å². The van der Waals surface area contributed by atoms with Crippen molar-refractivity contribution in [1.82, 2.24) is 5.48 Å². The highest BCUT2D eigenvalue weighted by Gasteiger charge is 2.22. The summed E-state index contributed by atoms with van der Waals surface area (Å²) in [6.07, 6.45) is 0. The molecule has 5 nitrogen and oxygen atoms in total. The van der Waals surface area contributed by atoms with Crippen LogP contribution in [0.4, 0.5) is 5.69 Å². The zero-order valence-electron chi connectivity index (χ0n) is 13.2. The van der Waals surface area contributed by atoms with Crippen molar-refractivity contribution in [1.29, 1.82) is 0 Å². The first kappa shape index (κ1) is 15.4. The van der Waals surface area contributed by atoms with Crippen molar-refractivity contribution in [3.63, 3.8) is 0 Å². The fraction of sp³-hybridized carbons (Fsp3) is 0.278. The summed E-state index contributed by atoms with van der Waals surface area (Å²) in [5.41, 5.74) is 5.42. The Balaban J connectivity index is 1.92. The summed E-state index contributed by atoms with van der Waals surface area (Å²) in [6, 6.07) is 13.9. The van der Waals surface area contributed by atoms with Crippen LogP contribution in [0.25, 0.3) is 0 Å². The van der Waals surface area contributed by atoms with Crippen LogP contribution in [-0.2, 0) is 6.54 Å². The third-order valence-corrected chi connectivity index (χ3v) is 4.15. The van der Waals surface area contributed by atoms with E-state index in [-0.39, 0.29) is 6.04 Å². The number of hydrogen-bond acceptors (Lipinski definition) is 4. The Hall–Kier alpha value is -2.53. The number of ether oxygens (including phenoxy) is 1. The molecule has 0 bridgehead atoms. The quantitative estimate of drug-likeness (QED) is 0.661. The number of carbonyl (C=O) groups is 1. The highest BCUT2D eigenvalue weighted by molar-refractivity contribution is 5.93. The molecule has 0 unspecified atom stereocenters. The smallest absolute Gasteiger partial charge is 0.274 e. The Morgan fingerprint density at radius 1 is 1.26 bits per heavy atom. The van der Waals surface area contributed by atoms with Crippen LogP contribution in [0.2, 0.25) is 0 Å². The average molecular weight is 312 g/mol. The summed E-state index contributed by atoms with van der Waals surface area (Å²) < 4.78 is 5.87. The van der Waals surface area contributed by atoms with Crippen LogP contribution in [0.1, 0.15) is 28.4 Å². The van der Waals surface area contributed by atoms with Crippen LogP contribution in [0.15, 0.2) is 42.5 Å². The lowest BCUT2D eigenvalue weighted by molar-refractivity contribution is 0.0706. The molecule has 120 valence electrons. The van der Waals surface area contributed by atoms with E-state index in [2.05, 4.69) is 43.0 Å². The maximum atomic E-state index is 11.5. The minimum absolute atomic E-state index is 0.209. The second-order valence-electron chi connectivity index (χ2n) is 5.89. The molecule has 1 atom stereocenters. The number of carbonyl (C=O) groups excluding carboxylic acids is 1. The lowest BCUT2D eigenvalue weighted by atomic mass is 10.1. The highest BCUT2D eigenvalue weighted by atomic mass is 16.5. The number of aryl methyl sites for hydroxylation is 1. The van der Waals surface area contributed by atoms with Gasteiger partial charge in [0.1, 0.15) is 12.4 Å². The van der Waals surface area contributed by atoms with Crippen LogP contribution in [-0.4, -0.2) is 23.8 Å². The summed E-state index contributed by atoms with van der Waals surface area (Å²) in [5, 5.41) is 8.75. The molecule has 0 fully saturated rings. The normalized spacial score (nSPS) is 17.0. The van der Waals surface area contributed by atoms with E-state index in [0.717, 1.165) is 11.3 Å². The van der Waals surface area contributed by atoms with E-state index in [1.165, 1.54) is 5.56 Å². The number of nitrogens with one attached hydrogen (secondary N) is 1. The molecule has 2 N–H and O–H groups in total. The summed E-state index contributed by atoms with van der Waals surface area (Å²) in [4.78, 5) is 13.8. The highest BCUT2D eigenvalue weighted by Crippen LogP contribution is 2.29. The van der Waals surface area contributed by atoms with Gasteiger partial charge in [0.05, 0.1) is 6.04 Å². The fourth-order valence-electron chi connectivity index (χ4n) is 2.75. The molecule has 1 amide bonds. The van der Waals surface area contributed by atoms with Crippen molar-refractivity contribution in [3.8, 4) is 5.75 Å². The summed E-state index contributed by atoms with van der Waals surface area (Å²) in [5.74, 6) is 0.150. The van der Waals surface area contributed by atoms with Gasteiger partial charge in [-0.15, -0.1) is 0 Å². The maximum absolute atomic E-state index is 11.5. The molecule has 2 aromatic rings. The first-order valence-electron chi connectivity index (χ1n) is 7.62. The molecule has 2 aromatic carbocycles. The molecule has 0 spiro atoms. The zero-order valence-corrected chi connectivity index (χ0v) is 13.2. The van der Waals surface area contributed by atoms with Gasteiger partial charge in [-0.1, -0.05) is 23.8 Å². The Labute approximate surface area is 135 Å². The lowest BCUT2D eigenvalue weighted by Gasteiger charge is -2.28. The minimum atomic E-state index is -0.538. The molecule has 1 heterocycles. The van der Waals surface area contributed by atoms with Crippen LogP contribution in [0.5, 0.6) is 5.75 Å². The summed E-state index contributed by atoms with van der Waals surface area (Å²) >= 11 is 0. The Morgan fingerprint density at radius 2 is 2.00 bits per heavy atom. The third-order valence-electron chi connectivity index (χ3n) is 4.15. The van der Waals surface area contributed by atoms with Gasteiger partial charge in [0, 0.05) is 23.4 Å². The van der Waals surface area contributed by atoms with Gasteiger partial charge in [-0.3, -0.25) is 10.0 Å². The molecule has 0 aliphatic carbocycles. The first-order valence-corrected chi connectivity index (χ1v) is 7.62. The van der Waals surface area contributed by atoms with E-state index in [4.69, 9.17) is 9.94 Å². The number of nitrogens with zero attached hydrogens (tertiary/aromatic N) is 1. The van der Waals surface area contributed by atoms with E-state index in [1.54, 1.807) is 17.6 Å². The second kappa shape index (κ2) is 6.30. The van der Waals surface area contributed by atoms with Gasteiger partial charge in [0.15, 0.2) is 0 Å². The van der Waals surface area contributed by atoms with E-state index in [9.17, 15) is 4.79 Å². The summed E-state index contributed by atoms with van der Waals surface area (Å²) in [7, 11) is 0. The Bertz CT molecular complexity index is 713. The molecule has 0 aromatic heterocycles. The topological polar surface area (TPSA) is 61.8 Å². The van der Waals surface area contributed by atoms with Gasteiger partial charge in [-0.05, 0) is 38.1 Å². The van der Waals surface area contributed by atoms with Gasteiger partial charge in [-0.2, -0.15) is 0 Å². The molecular formula is C18H20N2O3. The number of rotatable bonds is 2. The molecule has 1 aliphatic rings. The van der Waals surface area contributed by atoms with E-state index in [0.29, 0.717) is 24.5 Å². The van der Waals surface area contributed by atoms with E-state index in [1.807, 2.05) is 6.07 Å². The maximum Gasteiger partial charge on any atom is 0.274 e. The van der Waals surface area contributed by atoms with Crippen LogP contribution >= 0.6 is 0 Å². The molecule has 3 rings (SSSR count). The predicted molar refractivity (Wildman–Crippen MR) is 88.0 cm³/mol. The van der Waals surface area contributed by atoms with Crippen LogP contribution in [0, 0.1) is 6.92 Å². The number of anilines is 1. The van der Waals surface area contributed by atoms with Crippen molar-refractivity contribution in [2.75, 3.05) is 11.5 Å². The summed E-state index contributed by atoms with van der Waals surface area (Å²) in [6.45, 7) is 5.43. The fourth-order valence-corrected chi connectivity index (χ4v) is 2.75. The van der Waals surface area contributed by atoms with Gasteiger partial charge in [-0.25, -0.2) is 5.48 Å². The number of amides is 1. The standard InChI is InChI=1S/C18H20N2O3/c1-12-3-7-16(8-4-12)20-10-15-6-5-14(18(21)19-22)9-17(15)23-11-13(20)2/h3-9,13,22H,10-11H2,1-2H3,(H,19,21)/t13-/m0/s1. The van der Waals surface area contributed by atoms with Gasteiger partial charge in [0.2, 0.25) is 0 Å². The molecule has 1 aliphatic heterocycles. The molecule has 0 saturated heterocycles. The van der Waals surface area contributed by atoms with E-state index < -0.39 is 5.91 Å². The van der Waals surface area contributed by atoms with Crippen LogP contribution in [0.3, 0.4) is 0 Å². The van der Waals surface area contributed by atoms with Gasteiger partial charge >= 0.3 is 0 Å². The van der Waals surface area contributed by atoms with Gasteiger partial charge < -0.3 is 9.64 Å². The van der Waals surface area contributed by atoms with Gasteiger partial charge in [0.25, 0.3) is 5.91 Å². The monoisotopic (exact) mass is 312 g/mol. The molecule has 23 heavy (non-hydrogen) atoms. The Morgan fingerprint density at radius 3 is 2.70 bits per heavy atom. The number of hydrogen-bond donors (Lipinski definition) is 2. The minimum Gasteiger partial charge on any atom is -0.491 e. The lowest BCUT2D eigenvalue weighted by Crippen LogP contribution is -2.34. The van der Waals surface area contributed by atoms with Crippen molar-refractivity contribution < 1.29 is 14.7 Å². The zero-order chi connectivity index (χ0) is 16.4. The van der Waals surface area contributed by atoms with E-state index >= 15 is 0 Å². The SMILES string of the molecule is Cc1ccc(N2Cc3ccc(C(=O)NO)cc3OC[C@@H]2C)cc1. The van der Waals surface area contributed by atoms with Crippen LogP contribution < -0.4 is 15.1 Å². The Kier molecular flexibility index (Phi) is 4.21. The molecule has 0 radical (unpaired) electrons. The number of fused-ring (bicyclic) bond motifs is 1. The molecule has 0 saturated carbocycles. The second-order valence-corrected chi connectivity index (χ2v) is 5.89. The third kappa shape index (κ3) is 3.14. The van der Waals surface area contributed by atoms with Crippen molar-refractivity contribution in [2.45, 2.75) is 26.4 Å². The van der Waals surface area contributed by atoms with Crippen molar-refractivity contribution in [2.24, 2.45) is 0 Å². The largest absolute Gasteiger partial charge is 0.491 e. The first-order chi connectivity index (χ1) is 11.1. The molecular weight excluding hydrogens is 292 g/mol. The number of benzene rings is 2. The average Bonchev–Trinajstić information content (AvgIpc) is 2.74. The number of hydroxylamine groups is 1. The van der Waals surface area contributed by atoms with Crippen molar-refractivity contribution in [3.05, 3.63) is 59.2 Å².